The summed E-state index contributed by atoms with van der Waals surface area (Å²) in [5, 5.41) is 3.53. The van der Waals surface area contributed by atoms with Crippen molar-refractivity contribution in [2.24, 2.45) is 4.99 Å². The fraction of sp³-hybridized carbons (Fsp3) is 0.900. The highest BCUT2D eigenvalue weighted by Gasteiger charge is 2.15. The van der Waals surface area contributed by atoms with E-state index in [9.17, 15) is 0 Å². The molecule has 0 atom stereocenters. The second-order valence-corrected chi connectivity index (χ2v) is 3.82. The van der Waals surface area contributed by atoms with Crippen molar-refractivity contribution in [2.45, 2.75) is 38.1 Å². The zero-order valence-corrected chi connectivity index (χ0v) is 8.09. The van der Waals surface area contributed by atoms with Gasteiger partial charge in [-0.15, -0.1) is 0 Å². The number of nitrogens with zero attached hydrogens (tertiary/aromatic N) is 1. The van der Waals surface area contributed by atoms with Crippen LogP contribution in [0.15, 0.2) is 4.99 Å². The van der Waals surface area contributed by atoms with Gasteiger partial charge in [0.25, 0.3) is 0 Å². The first-order valence-corrected chi connectivity index (χ1v) is 5.33. The Morgan fingerprint density at radius 1 is 1.23 bits per heavy atom. The summed E-state index contributed by atoms with van der Waals surface area (Å²) in [6.07, 6.45) is 5.99. The Labute approximate surface area is 79.6 Å². The molecule has 1 fully saturated rings. The third-order valence-electron chi connectivity index (χ3n) is 2.72. The van der Waals surface area contributed by atoms with Gasteiger partial charge in [0, 0.05) is 32.2 Å². The van der Waals surface area contributed by atoms with E-state index < -0.39 is 0 Å². The van der Waals surface area contributed by atoms with Crippen molar-refractivity contribution in [1.82, 2.24) is 5.32 Å². The Hall–Kier alpha value is -0.570. The van der Waals surface area contributed by atoms with Gasteiger partial charge in [-0.25, -0.2) is 0 Å². The van der Waals surface area contributed by atoms with Crippen molar-refractivity contribution >= 4 is 5.84 Å². The molecular weight excluding hydrogens is 164 g/mol. The number of hydrogen-bond acceptors (Lipinski definition) is 3. The third kappa shape index (κ3) is 2.69. The van der Waals surface area contributed by atoms with Crippen molar-refractivity contribution in [1.29, 1.82) is 0 Å². The fourth-order valence-electron chi connectivity index (χ4n) is 1.89. The maximum absolute atomic E-state index is 5.31. The van der Waals surface area contributed by atoms with Crippen LogP contribution in [0.4, 0.5) is 0 Å². The first-order valence-electron chi connectivity index (χ1n) is 5.33. The molecule has 0 spiro atoms. The summed E-state index contributed by atoms with van der Waals surface area (Å²) in [6.45, 7) is 2.83. The summed E-state index contributed by atoms with van der Waals surface area (Å²) in [7, 11) is 0. The van der Waals surface area contributed by atoms with Gasteiger partial charge in [-0.3, -0.25) is 4.99 Å². The van der Waals surface area contributed by atoms with Gasteiger partial charge in [0.1, 0.15) is 0 Å². The average Bonchev–Trinajstić information content (AvgIpc) is 2.21. The number of hydrogen-bond donors (Lipinski definition) is 1. The standard InChI is InChI=1S/C10H18N2O/c1-2-6-11-10(3-1)12-9-4-7-13-8-5-9/h9H,1-8H2,(H,11,12). The predicted octanol–water partition coefficient (Wildman–Crippen LogP) is 1.34. The third-order valence-corrected chi connectivity index (χ3v) is 2.72. The predicted molar refractivity (Wildman–Crippen MR) is 53.1 cm³/mol. The second kappa shape index (κ2) is 4.61. The molecule has 2 heterocycles. The van der Waals surface area contributed by atoms with Gasteiger partial charge in [0.2, 0.25) is 0 Å². The van der Waals surface area contributed by atoms with Crippen molar-refractivity contribution in [3.8, 4) is 0 Å². The lowest BCUT2D eigenvalue weighted by atomic mass is 10.1. The molecule has 74 valence electrons. The molecule has 0 aromatic rings. The first kappa shape index (κ1) is 9.00. The molecule has 0 bridgehead atoms. The van der Waals surface area contributed by atoms with Crippen LogP contribution in [0, 0.1) is 0 Å². The van der Waals surface area contributed by atoms with Gasteiger partial charge in [0.05, 0.1) is 5.84 Å². The lowest BCUT2D eigenvalue weighted by molar-refractivity contribution is 0.0822. The van der Waals surface area contributed by atoms with Crippen LogP contribution in [0.5, 0.6) is 0 Å². The van der Waals surface area contributed by atoms with E-state index in [-0.39, 0.29) is 0 Å². The lowest BCUT2D eigenvalue weighted by Crippen LogP contribution is -2.39. The molecule has 0 unspecified atom stereocenters. The first-order chi connectivity index (χ1) is 6.45. The summed E-state index contributed by atoms with van der Waals surface area (Å²) in [5.41, 5.74) is 0. The van der Waals surface area contributed by atoms with Crippen LogP contribution in [0.2, 0.25) is 0 Å². The van der Waals surface area contributed by atoms with E-state index in [1.807, 2.05) is 0 Å². The van der Waals surface area contributed by atoms with E-state index >= 15 is 0 Å². The van der Waals surface area contributed by atoms with Gasteiger partial charge in [-0.2, -0.15) is 0 Å². The lowest BCUT2D eigenvalue weighted by Gasteiger charge is -2.26. The molecule has 13 heavy (non-hydrogen) atoms. The van der Waals surface area contributed by atoms with Crippen LogP contribution in [0.1, 0.15) is 32.1 Å². The monoisotopic (exact) mass is 182 g/mol. The Kier molecular flexibility index (Phi) is 3.19. The van der Waals surface area contributed by atoms with E-state index in [1.165, 1.54) is 18.7 Å². The number of amidine groups is 1. The van der Waals surface area contributed by atoms with Gasteiger partial charge >= 0.3 is 0 Å². The van der Waals surface area contributed by atoms with Crippen LogP contribution >= 0.6 is 0 Å². The van der Waals surface area contributed by atoms with E-state index in [0.29, 0.717) is 6.04 Å². The molecule has 2 aliphatic rings. The van der Waals surface area contributed by atoms with Gasteiger partial charge < -0.3 is 10.1 Å². The van der Waals surface area contributed by atoms with E-state index in [1.54, 1.807) is 0 Å². The van der Waals surface area contributed by atoms with E-state index in [2.05, 4.69) is 10.3 Å². The molecule has 3 nitrogen and oxygen atoms in total. The fourth-order valence-corrected chi connectivity index (χ4v) is 1.89. The Balaban J connectivity index is 1.78. The second-order valence-electron chi connectivity index (χ2n) is 3.82. The highest BCUT2D eigenvalue weighted by molar-refractivity contribution is 5.82. The van der Waals surface area contributed by atoms with Crippen LogP contribution in [-0.4, -0.2) is 31.6 Å². The molecule has 0 aromatic heterocycles. The summed E-state index contributed by atoms with van der Waals surface area (Å²) < 4.78 is 5.31. The van der Waals surface area contributed by atoms with Gasteiger partial charge in [-0.1, -0.05) is 0 Å². The van der Waals surface area contributed by atoms with Gasteiger partial charge in [-0.05, 0) is 25.7 Å². The van der Waals surface area contributed by atoms with Crippen molar-refractivity contribution < 1.29 is 4.74 Å². The van der Waals surface area contributed by atoms with Crippen molar-refractivity contribution in [2.75, 3.05) is 19.8 Å². The molecule has 2 rings (SSSR count). The zero-order valence-electron chi connectivity index (χ0n) is 8.09. The van der Waals surface area contributed by atoms with Crippen molar-refractivity contribution in [3.05, 3.63) is 0 Å². The largest absolute Gasteiger partial charge is 0.381 e. The Bertz CT molecular complexity index is 185. The summed E-state index contributed by atoms with van der Waals surface area (Å²) in [4.78, 5) is 4.49. The number of aliphatic imine (C=N–C) groups is 1. The molecule has 0 saturated carbocycles. The topological polar surface area (TPSA) is 33.6 Å². The molecular formula is C10H18N2O. The summed E-state index contributed by atoms with van der Waals surface area (Å²) in [6, 6.07) is 0.616. The SMILES string of the molecule is C1CCC(NC2CCOCC2)=NC1. The maximum Gasteiger partial charge on any atom is 0.0965 e. The Morgan fingerprint density at radius 2 is 2.08 bits per heavy atom. The minimum absolute atomic E-state index is 0.616. The highest BCUT2D eigenvalue weighted by Crippen LogP contribution is 2.09. The molecule has 0 radical (unpaired) electrons. The maximum atomic E-state index is 5.31. The van der Waals surface area contributed by atoms with Crippen molar-refractivity contribution in [3.63, 3.8) is 0 Å². The van der Waals surface area contributed by atoms with Crippen LogP contribution in [0.3, 0.4) is 0 Å². The molecule has 2 aliphatic heterocycles. The van der Waals surface area contributed by atoms with E-state index in [4.69, 9.17) is 4.74 Å². The number of ether oxygens (including phenoxy) is 1. The summed E-state index contributed by atoms with van der Waals surface area (Å²) >= 11 is 0. The van der Waals surface area contributed by atoms with Crippen LogP contribution in [-0.2, 0) is 4.74 Å². The minimum atomic E-state index is 0.616. The number of rotatable bonds is 1. The number of nitrogens with one attached hydrogen (secondary N) is 1. The molecule has 1 N–H and O–H groups in total. The molecule has 3 heteroatoms. The Morgan fingerprint density at radius 3 is 2.77 bits per heavy atom. The smallest absolute Gasteiger partial charge is 0.0965 e. The zero-order chi connectivity index (χ0) is 8.93. The average molecular weight is 182 g/mol. The normalized spacial score (nSPS) is 25.4. The molecule has 0 amide bonds. The van der Waals surface area contributed by atoms with E-state index in [0.717, 1.165) is 39.0 Å². The molecule has 1 saturated heterocycles. The van der Waals surface area contributed by atoms with Crippen LogP contribution < -0.4 is 5.32 Å². The summed E-state index contributed by atoms with van der Waals surface area (Å²) in [5.74, 6) is 1.23. The molecule has 0 aromatic carbocycles. The highest BCUT2D eigenvalue weighted by atomic mass is 16.5. The minimum Gasteiger partial charge on any atom is -0.381 e. The molecule has 0 aliphatic carbocycles. The quantitative estimate of drug-likeness (QED) is 0.664. The van der Waals surface area contributed by atoms with Gasteiger partial charge in [0.15, 0.2) is 0 Å². The van der Waals surface area contributed by atoms with Crippen LogP contribution in [0.25, 0.3) is 0 Å².